The topological polar surface area (TPSA) is 15.3 Å². The van der Waals surface area contributed by atoms with Gasteiger partial charge in [0.1, 0.15) is 0 Å². The van der Waals surface area contributed by atoms with Gasteiger partial charge in [0, 0.05) is 12.1 Å². The summed E-state index contributed by atoms with van der Waals surface area (Å²) in [6.45, 7) is 9.08. The van der Waals surface area contributed by atoms with Crippen molar-refractivity contribution >= 4 is 0 Å². The molecule has 1 aliphatic heterocycles. The summed E-state index contributed by atoms with van der Waals surface area (Å²) in [6.07, 6.45) is 3.72. The lowest BCUT2D eigenvalue weighted by Crippen LogP contribution is -2.56. The minimum atomic E-state index is 0.248. The molecule has 1 aromatic carbocycles. The summed E-state index contributed by atoms with van der Waals surface area (Å²) in [5.74, 6) is 0. The molecule has 0 radical (unpaired) electrons. The van der Waals surface area contributed by atoms with E-state index in [9.17, 15) is 0 Å². The number of nitrogens with one attached hydrogen (secondary N) is 1. The summed E-state index contributed by atoms with van der Waals surface area (Å²) >= 11 is 0. The summed E-state index contributed by atoms with van der Waals surface area (Å²) < 4.78 is 0. The monoisotopic (exact) mass is 260 g/mol. The molecule has 2 rings (SSSR count). The van der Waals surface area contributed by atoms with Gasteiger partial charge >= 0.3 is 0 Å². The lowest BCUT2D eigenvalue weighted by molar-refractivity contribution is 0.151. The van der Waals surface area contributed by atoms with Crippen LogP contribution in [0, 0.1) is 20.8 Å². The van der Waals surface area contributed by atoms with Gasteiger partial charge in [-0.1, -0.05) is 17.7 Å². The van der Waals surface area contributed by atoms with E-state index in [2.05, 4.69) is 57.2 Å². The van der Waals surface area contributed by atoms with Crippen molar-refractivity contribution in [2.75, 3.05) is 27.2 Å². The third kappa shape index (κ3) is 3.18. The standard InChI is InChI=1S/C17H28N2/c1-13-9-14(2)16(15(3)10-13)11-17(18-4)7-6-8-19(5)12-17/h9-10,18H,6-8,11-12H2,1-5H3. The summed E-state index contributed by atoms with van der Waals surface area (Å²) in [7, 11) is 4.36. The molecule has 0 saturated carbocycles. The normalized spacial score (nSPS) is 24.7. The number of hydrogen-bond acceptors (Lipinski definition) is 2. The minimum absolute atomic E-state index is 0.248. The Morgan fingerprint density at radius 1 is 1.21 bits per heavy atom. The molecule has 19 heavy (non-hydrogen) atoms. The van der Waals surface area contributed by atoms with Crippen LogP contribution in [0.2, 0.25) is 0 Å². The number of hydrogen-bond donors (Lipinski definition) is 1. The van der Waals surface area contributed by atoms with Gasteiger partial charge in [-0.05, 0) is 77.4 Å². The van der Waals surface area contributed by atoms with Crippen molar-refractivity contribution in [3.63, 3.8) is 0 Å². The van der Waals surface area contributed by atoms with Crippen molar-refractivity contribution in [1.29, 1.82) is 0 Å². The lowest BCUT2D eigenvalue weighted by Gasteiger charge is -2.42. The lowest BCUT2D eigenvalue weighted by atomic mass is 9.81. The quantitative estimate of drug-likeness (QED) is 0.899. The summed E-state index contributed by atoms with van der Waals surface area (Å²) in [6, 6.07) is 4.64. The van der Waals surface area contributed by atoms with Gasteiger partial charge in [-0.25, -0.2) is 0 Å². The van der Waals surface area contributed by atoms with Gasteiger partial charge in [0.05, 0.1) is 0 Å². The van der Waals surface area contributed by atoms with Crippen LogP contribution < -0.4 is 5.32 Å². The SMILES string of the molecule is CNC1(Cc2c(C)cc(C)cc2C)CCCN(C)C1. The second-order valence-corrected chi connectivity index (χ2v) is 6.43. The molecule has 1 saturated heterocycles. The molecular formula is C17H28N2. The van der Waals surface area contributed by atoms with E-state index < -0.39 is 0 Å². The number of likely N-dealkylation sites (tertiary alicyclic amines) is 1. The van der Waals surface area contributed by atoms with E-state index in [0.29, 0.717) is 0 Å². The summed E-state index contributed by atoms with van der Waals surface area (Å²) in [5.41, 5.74) is 6.05. The van der Waals surface area contributed by atoms with Crippen LogP contribution in [0.25, 0.3) is 0 Å². The summed E-state index contributed by atoms with van der Waals surface area (Å²) in [5, 5.41) is 3.62. The highest BCUT2D eigenvalue weighted by atomic mass is 15.2. The predicted octanol–water partition coefficient (Wildman–Crippen LogP) is 2.84. The smallest absolute Gasteiger partial charge is 0.0347 e. The third-order valence-corrected chi connectivity index (χ3v) is 4.65. The van der Waals surface area contributed by atoms with E-state index in [1.807, 2.05) is 0 Å². The molecule has 1 atom stereocenters. The highest BCUT2D eigenvalue weighted by Crippen LogP contribution is 2.28. The number of benzene rings is 1. The predicted molar refractivity (Wildman–Crippen MR) is 82.9 cm³/mol. The van der Waals surface area contributed by atoms with Crippen LogP contribution in [0.3, 0.4) is 0 Å². The Hall–Kier alpha value is -0.860. The van der Waals surface area contributed by atoms with Crippen molar-refractivity contribution in [2.24, 2.45) is 0 Å². The largest absolute Gasteiger partial charge is 0.313 e. The van der Waals surface area contributed by atoms with E-state index in [4.69, 9.17) is 0 Å². The van der Waals surface area contributed by atoms with Gasteiger partial charge in [0.15, 0.2) is 0 Å². The van der Waals surface area contributed by atoms with Gasteiger partial charge in [-0.3, -0.25) is 0 Å². The maximum Gasteiger partial charge on any atom is 0.0347 e. The Bertz CT molecular complexity index is 430. The first-order chi connectivity index (χ1) is 8.96. The van der Waals surface area contributed by atoms with Gasteiger partial charge in [-0.2, -0.15) is 0 Å². The Morgan fingerprint density at radius 3 is 2.37 bits per heavy atom. The molecule has 2 nitrogen and oxygen atoms in total. The highest BCUT2D eigenvalue weighted by molar-refractivity contribution is 5.38. The van der Waals surface area contributed by atoms with Crippen molar-refractivity contribution in [3.05, 3.63) is 34.4 Å². The van der Waals surface area contributed by atoms with Gasteiger partial charge < -0.3 is 10.2 Å². The third-order valence-electron chi connectivity index (χ3n) is 4.65. The number of rotatable bonds is 3. The molecule has 1 heterocycles. The van der Waals surface area contributed by atoms with Crippen molar-refractivity contribution in [3.8, 4) is 0 Å². The van der Waals surface area contributed by atoms with Crippen LogP contribution >= 0.6 is 0 Å². The van der Waals surface area contributed by atoms with Gasteiger partial charge in [0.2, 0.25) is 0 Å². The van der Waals surface area contributed by atoms with Crippen LogP contribution in [0.4, 0.5) is 0 Å². The molecule has 2 heteroatoms. The average molecular weight is 260 g/mol. The van der Waals surface area contributed by atoms with Crippen molar-refractivity contribution in [1.82, 2.24) is 10.2 Å². The van der Waals surface area contributed by atoms with E-state index in [-0.39, 0.29) is 5.54 Å². The second kappa shape index (κ2) is 5.64. The molecule has 106 valence electrons. The zero-order valence-corrected chi connectivity index (χ0v) is 13.1. The van der Waals surface area contributed by atoms with Crippen molar-refractivity contribution < 1.29 is 0 Å². The van der Waals surface area contributed by atoms with Crippen LogP contribution in [0.15, 0.2) is 12.1 Å². The first-order valence-electron chi connectivity index (χ1n) is 7.40. The molecule has 1 aliphatic rings. The molecule has 0 aliphatic carbocycles. The van der Waals surface area contributed by atoms with Gasteiger partial charge in [-0.15, -0.1) is 0 Å². The molecule has 1 unspecified atom stereocenters. The van der Waals surface area contributed by atoms with Crippen LogP contribution in [0.1, 0.15) is 35.1 Å². The number of nitrogens with zero attached hydrogens (tertiary/aromatic N) is 1. The Morgan fingerprint density at radius 2 is 1.84 bits per heavy atom. The first kappa shape index (κ1) is 14.5. The maximum atomic E-state index is 3.62. The molecule has 0 spiro atoms. The average Bonchev–Trinajstić information content (AvgIpc) is 2.34. The first-order valence-corrected chi connectivity index (χ1v) is 7.40. The maximum absolute atomic E-state index is 3.62. The zero-order chi connectivity index (χ0) is 14.0. The van der Waals surface area contributed by atoms with Crippen LogP contribution in [-0.2, 0) is 6.42 Å². The van der Waals surface area contributed by atoms with Gasteiger partial charge in [0.25, 0.3) is 0 Å². The van der Waals surface area contributed by atoms with Crippen molar-refractivity contribution in [2.45, 2.75) is 45.6 Å². The molecule has 0 aromatic heterocycles. The van der Waals surface area contributed by atoms with E-state index >= 15 is 0 Å². The highest BCUT2D eigenvalue weighted by Gasteiger charge is 2.33. The molecular weight excluding hydrogens is 232 g/mol. The number of piperidine rings is 1. The van der Waals surface area contributed by atoms with E-state index in [1.54, 1.807) is 0 Å². The fraction of sp³-hybridized carbons (Fsp3) is 0.647. The zero-order valence-electron chi connectivity index (χ0n) is 13.1. The van der Waals surface area contributed by atoms with Crippen LogP contribution in [-0.4, -0.2) is 37.6 Å². The summed E-state index contributed by atoms with van der Waals surface area (Å²) in [4.78, 5) is 2.46. The fourth-order valence-electron chi connectivity index (χ4n) is 3.63. The second-order valence-electron chi connectivity index (χ2n) is 6.43. The Labute approximate surface area is 118 Å². The minimum Gasteiger partial charge on any atom is -0.313 e. The number of likely N-dealkylation sites (N-methyl/N-ethyl adjacent to an activating group) is 2. The number of aryl methyl sites for hydroxylation is 3. The molecule has 1 N–H and O–H groups in total. The molecule has 1 fully saturated rings. The van der Waals surface area contributed by atoms with Crippen LogP contribution in [0.5, 0.6) is 0 Å². The molecule has 0 bridgehead atoms. The van der Waals surface area contributed by atoms with E-state index in [0.717, 1.165) is 13.0 Å². The fourth-order valence-corrected chi connectivity index (χ4v) is 3.63. The molecule has 0 amide bonds. The van der Waals surface area contributed by atoms with E-state index in [1.165, 1.54) is 41.6 Å². The Kier molecular flexibility index (Phi) is 4.32. The Balaban J connectivity index is 2.28. The molecule has 1 aromatic rings.